The Labute approximate surface area is 180 Å². The summed E-state index contributed by atoms with van der Waals surface area (Å²) >= 11 is 6.87. The van der Waals surface area contributed by atoms with Crippen LogP contribution in [0.25, 0.3) is 0 Å². The van der Waals surface area contributed by atoms with Crippen LogP contribution in [0.4, 0.5) is 11.4 Å². The molecule has 3 aromatic rings. The van der Waals surface area contributed by atoms with Crippen LogP contribution in [0.1, 0.15) is 31.8 Å². The number of carbonyl (C=O) groups excluding carboxylic acids is 2. The lowest BCUT2D eigenvalue weighted by atomic mass is 10.1. The maximum atomic E-state index is 12.4. The second kappa shape index (κ2) is 8.71. The van der Waals surface area contributed by atoms with Crippen molar-refractivity contribution in [2.75, 3.05) is 10.6 Å². The molecule has 0 saturated heterocycles. The van der Waals surface area contributed by atoms with E-state index in [1.54, 1.807) is 48.5 Å². The molecule has 0 spiro atoms. The second-order valence-electron chi connectivity index (χ2n) is 6.41. The van der Waals surface area contributed by atoms with Crippen LogP contribution in [0.3, 0.4) is 0 Å². The van der Waals surface area contributed by atoms with Gasteiger partial charge in [0.25, 0.3) is 11.8 Å². The average Bonchev–Trinajstić information content (AvgIpc) is 2.67. The molecule has 0 saturated carbocycles. The molecule has 0 aliphatic heterocycles. The number of nitrogens with one attached hydrogen (secondary N) is 2. The number of carbonyl (C=O) groups is 2. The van der Waals surface area contributed by atoms with Crippen molar-refractivity contribution in [2.24, 2.45) is 0 Å². The van der Waals surface area contributed by atoms with Crippen molar-refractivity contribution in [3.8, 4) is 0 Å². The van der Waals surface area contributed by atoms with E-state index in [1.165, 1.54) is 0 Å². The summed E-state index contributed by atoms with van der Waals surface area (Å²) in [6.45, 7) is 3.93. The van der Waals surface area contributed by atoms with E-state index in [0.29, 0.717) is 22.5 Å². The van der Waals surface area contributed by atoms with E-state index in [9.17, 15) is 9.59 Å². The van der Waals surface area contributed by atoms with Gasteiger partial charge < -0.3 is 10.6 Å². The molecule has 2 amide bonds. The molecular weight excluding hydrogens is 484 g/mol. The van der Waals surface area contributed by atoms with Gasteiger partial charge in [-0.05, 0) is 73.5 Å². The Morgan fingerprint density at radius 2 is 1.00 bits per heavy atom. The summed E-state index contributed by atoms with van der Waals surface area (Å²) in [4.78, 5) is 24.8. The van der Waals surface area contributed by atoms with Crippen molar-refractivity contribution in [3.63, 3.8) is 0 Å². The molecule has 0 atom stereocenters. The van der Waals surface area contributed by atoms with Crippen molar-refractivity contribution in [1.29, 1.82) is 0 Å². The van der Waals surface area contributed by atoms with E-state index in [4.69, 9.17) is 0 Å². The third-order valence-corrected chi connectivity index (χ3v) is 5.98. The lowest BCUT2D eigenvalue weighted by molar-refractivity contribution is 0.101. The molecule has 4 nitrogen and oxygen atoms in total. The largest absolute Gasteiger partial charge is 0.322 e. The Bertz CT molecular complexity index is 962. The number of benzene rings is 3. The highest BCUT2D eigenvalue weighted by Gasteiger charge is 2.10. The molecule has 0 radical (unpaired) electrons. The Hall–Kier alpha value is -2.44. The van der Waals surface area contributed by atoms with Gasteiger partial charge in [-0.1, -0.05) is 44.0 Å². The highest BCUT2D eigenvalue weighted by Crippen LogP contribution is 2.21. The molecule has 0 aromatic heterocycles. The molecule has 142 valence electrons. The van der Waals surface area contributed by atoms with Gasteiger partial charge in [-0.2, -0.15) is 0 Å². The summed E-state index contributed by atoms with van der Waals surface area (Å²) < 4.78 is 1.78. The molecule has 0 heterocycles. The molecule has 0 bridgehead atoms. The van der Waals surface area contributed by atoms with E-state index in [2.05, 4.69) is 42.5 Å². The van der Waals surface area contributed by atoms with E-state index in [0.717, 1.165) is 20.1 Å². The van der Waals surface area contributed by atoms with Crippen LogP contribution in [-0.2, 0) is 0 Å². The van der Waals surface area contributed by atoms with E-state index >= 15 is 0 Å². The monoisotopic (exact) mass is 500 g/mol. The van der Waals surface area contributed by atoms with Gasteiger partial charge in [0, 0.05) is 31.4 Å². The molecule has 3 rings (SSSR count). The Kier molecular flexibility index (Phi) is 6.31. The maximum Gasteiger partial charge on any atom is 0.255 e. The quantitative estimate of drug-likeness (QED) is 0.438. The molecule has 28 heavy (non-hydrogen) atoms. The summed E-state index contributed by atoms with van der Waals surface area (Å²) in [5.41, 5.74) is 4.57. The Balaban J connectivity index is 1.65. The standard InChI is InChI=1S/C22H18Br2N2O2/c1-13-3-5-15(11-19(13)23)21(27)25-17-7-9-18(10-8-17)26-22(28)16-6-4-14(2)20(24)12-16/h3-12H,1-2H3,(H,25,27)(H,26,28). The third-order valence-electron chi connectivity index (χ3n) is 4.27. The van der Waals surface area contributed by atoms with Crippen LogP contribution in [0, 0.1) is 13.8 Å². The fourth-order valence-corrected chi connectivity index (χ4v) is 3.27. The molecule has 6 heteroatoms. The molecule has 0 fully saturated rings. The van der Waals surface area contributed by atoms with Gasteiger partial charge in [-0.3, -0.25) is 9.59 Å². The van der Waals surface area contributed by atoms with Gasteiger partial charge in [0.1, 0.15) is 0 Å². The third kappa shape index (κ3) is 4.88. The average molecular weight is 502 g/mol. The topological polar surface area (TPSA) is 58.2 Å². The van der Waals surface area contributed by atoms with Crippen LogP contribution in [0.15, 0.2) is 69.6 Å². The first-order chi connectivity index (χ1) is 13.3. The fraction of sp³-hybridized carbons (Fsp3) is 0.0909. The van der Waals surface area contributed by atoms with E-state index < -0.39 is 0 Å². The molecular formula is C22H18Br2N2O2. The minimum Gasteiger partial charge on any atom is -0.322 e. The van der Waals surface area contributed by atoms with Gasteiger partial charge in [0.15, 0.2) is 0 Å². The lowest BCUT2D eigenvalue weighted by Crippen LogP contribution is -2.13. The highest BCUT2D eigenvalue weighted by atomic mass is 79.9. The van der Waals surface area contributed by atoms with Crippen LogP contribution < -0.4 is 10.6 Å². The minimum absolute atomic E-state index is 0.193. The molecule has 2 N–H and O–H groups in total. The van der Waals surface area contributed by atoms with Crippen LogP contribution in [-0.4, -0.2) is 11.8 Å². The van der Waals surface area contributed by atoms with Gasteiger partial charge >= 0.3 is 0 Å². The predicted octanol–water partition coefficient (Wildman–Crippen LogP) is 6.33. The Morgan fingerprint density at radius 1 is 0.643 bits per heavy atom. The Morgan fingerprint density at radius 3 is 1.32 bits per heavy atom. The summed E-state index contributed by atoms with van der Waals surface area (Å²) in [5, 5.41) is 5.70. The molecule has 0 unspecified atom stereocenters. The molecule has 0 aliphatic carbocycles. The van der Waals surface area contributed by atoms with Crippen molar-refractivity contribution < 1.29 is 9.59 Å². The first kappa shape index (κ1) is 20.3. The number of anilines is 2. The van der Waals surface area contributed by atoms with E-state index in [1.807, 2.05) is 26.0 Å². The van der Waals surface area contributed by atoms with Crippen LogP contribution in [0.2, 0.25) is 0 Å². The molecule has 3 aromatic carbocycles. The van der Waals surface area contributed by atoms with Crippen molar-refractivity contribution >= 4 is 55.0 Å². The summed E-state index contributed by atoms with van der Waals surface area (Å²) in [5.74, 6) is -0.385. The van der Waals surface area contributed by atoms with Gasteiger partial charge in [0.05, 0.1) is 0 Å². The maximum absolute atomic E-state index is 12.4. The lowest BCUT2D eigenvalue weighted by Gasteiger charge is -2.09. The fourth-order valence-electron chi connectivity index (χ4n) is 2.51. The SMILES string of the molecule is Cc1ccc(C(=O)Nc2ccc(NC(=O)c3ccc(C)c(Br)c3)cc2)cc1Br. The predicted molar refractivity (Wildman–Crippen MR) is 120 cm³/mol. The number of hydrogen-bond donors (Lipinski definition) is 2. The smallest absolute Gasteiger partial charge is 0.255 e. The number of rotatable bonds is 4. The summed E-state index contributed by atoms with van der Waals surface area (Å²) in [6.07, 6.45) is 0. The minimum atomic E-state index is -0.193. The van der Waals surface area contributed by atoms with Crippen LogP contribution >= 0.6 is 31.9 Å². The summed E-state index contributed by atoms with van der Waals surface area (Å²) in [7, 11) is 0. The number of aryl methyl sites for hydroxylation is 2. The van der Waals surface area contributed by atoms with Gasteiger partial charge in [0.2, 0.25) is 0 Å². The van der Waals surface area contributed by atoms with Crippen LogP contribution in [0.5, 0.6) is 0 Å². The first-order valence-corrected chi connectivity index (χ1v) is 10.2. The second-order valence-corrected chi connectivity index (χ2v) is 8.12. The van der Waals surface area contributed by atoms with Gasteiger partial charge in [-0.15, -0.1) is 0 Å². The highest BCUT2D eigenvalue weighted by molar-refractivity contribution is 9.10. The zero-order chi connectivity index (χ0) is 20.3. The zero-order valence-electron chi connectivity index (χ0n) is 15.3. The normalized spacial score (nSPS) is 10.4. The first-order valence-electron chi connectivity index (χ1n) is 8.58. The van der Waals surface area contributed by atoms with Crippen molar-refractivity contribution in [3.05, 3.63) is 91.9 Å². The zero-order valence-corrected chi connectivity index (χ0v) is 18.5. The summed E-state index contributed by atoms with van der Waals surface area (Å²) in [6, 6.07) is 17.9. The van der Waals surface area contributed by atoms with Gasteiger partial charge in [-0.25, -0.2) is 0 Å². The van der Waals surface area contributed by atoms with Crippen molar-refractivity contribution in [2.45, 2.75) is 13.8 Å². The number of hydrogen-bond acceptors (Lipinski definition) is 2. The number of halogens is 2. The van der Waals surface area contributed by atoms with Crippen molar-refractivity contribution in [1.82, 2.24) is 0 Å². The van der Waals surface area contributed by atoms with E-state index in [-0.39, 0.29) is 11.8 Å². The molecule has 0 aliphatic rings. The number of amides is 2.